The molecule has 4 nitrogen and oxygen atoms in total. The zero-order valence-corrected chi connectivity index (χ0v) is 14.4. The van der Waals surface area contributed by atoms with E-state index >= 15 is 0 Å². The molecule has 5 heteroatoms. The fourth-order valence-electron chi connectivity index (χ4n) is 3.68. The number of halogens is 1. The van der Waals surface area contributed by atoms with Gasteiger partial charge in [0.05, 0.1) is 0 Å². The van der Waals surface area contributed by atoms with Gasteiger partial charge in [0.25, 0.3) is 0 Å². The lowest BCUT2D eigenvalue weighted by Gasteiger charge is -2.38. The van der Waals surface area contributed by atoms with Gasteiger partial charge in [0.2, 0.25) is 0 Å². The molecule has 0 aromatic heterocycles. The highest BCUT2D eigenvalue weighted by molar-refractivity contribution is 6.30. The van der Waals surface area contributed by atoms with Crippen molar-refractivity contribution in [2.24, 2.45) is 0 Å². The number of β-amino-alcohol motifs (C(OH)–C–C–N with tert-alkyl or cyclic N) is 1. The molecule has 0 spiro atoms. The summed E-state index contributed by atoms with van der Waals surface area (Å²) in [5, 5.41) is 11.0. The molecule has 1 aromatic carbocycles. The number of ether oxygens (including phenoxy) is 1. The van der Waals surface area contributed by atoms with Gasteiger partial charge in [-0.05, 0) is 69.6 Å². The zero-order chi connectivity index (χ0) is 16.1. The van der Waals surface area contributed by atoms with Crippen LogP contribution in [0.25, 0.3) is 0 Å². The maximum absolute atomic E-state index is 10.3. The summed E-state index contributed by atoms with van der Waals surface area (Å²) in [4.78, 5) is 5.02. The molecule has 1 N–H and O–H groups in total. The van der Waals surface area contributed by atoms with Gasteiger partial charge < -0.3 is 9.84 Å². The van der Waals surface area contributed by atoms with Crippen LogP contribution in [0.5, 0.6) is 5.75 Å². The molecule has 2 aliphatic heterocycles. The van der Waals surface area contributed by atoms with Gasteiger partial charge in [0.15, 0.2) is 0 Å². The number of likely N-dealkylation sites (tertiary alicyclic amines) is 2. The average molecular weight is 339 g/mol. The van der Waals surface area contributed by atoms with Crippen molar-refractivity contribution in [3.63, 3.8) is 0 Å². The van der Waals surface area contributed by atoms with Crippen LogP contribution in [-0.4, -0.2) is 66.4 Å². The Bertz CT molecular complexity index is 476. The Kier molecular flexibility index (Phi) is 6.17. The molecule has 2 saturated heterocycles. The van der Waals surface area contributed by atoms with Gasteiger partial charge in [-0.15, -0.1) is 0 Å². The van der Waals surface area contributed by atoms with Gasteiger partial charge in [-0.1, -0.05) is 11.6 Å². The molecule has 2 atom stereocenters. The molecule has 0 aliphatic carbocycles. The topological polar surface area (TPSA) is 35.9 Å². The Morgan fingerprint density at radius 3 is 2.61 bits per heavy atom. The van der Waals surface area contributed by atoms with Crippen molar-refractivity contribution in [2.45, 2.75) is 37.8 Å². The van der Waals surface area contributed by atoms with E-state index in [1.54, 1.807) is 12.1 Å². The fraction of sp³-hybridized carbons (Fsp3) is 0.667. The summed E-state index contributed by atoms with van der Waals surface area (Å²) in [5.74, 6) is 0.752. The van der Waals surface area contributed by atoms with Crippen LogP contribution in [0.4, 0.5) is 0 Å². The van der Waals surface area contributed by atoms with Crippen molar-refractivity contribution in [1.82, 2.24) is 9.80 Å². The van der Waals surface area contributed by atoms with Crippen molar-refractivity contribution in [3.05, 3.63) is 29.3 Å². The number of benzene rings is 1. The van der Waals surface area contributed by atoms with E-state index in [1.165, 1.54) is 38.8 Å². The minimum Gasteiger partial charge on any atom is -0.491 e. The van der Waals surface area contributed by atoms with Gasteiger partial charge in [-0.2, -0.15) is 0 Å². The smallest absolute Gasteiger partial charge is 0.119 e. The van der Waals surface area contributed by atoms with Crippen LogP contribution in [0, 0.1) is 0 Å². The summed E-state index contributed by atoms with van der Waals surface area (Å²) < 4.78 is 5.65. The molecule has 2 fully saturated rings. The van der Waals surface area contributed by atoms with Crippen LogP contribution in [0.15, 0.2) is 24.3 Å². The van der Waals surface area contributed by atoms with E-state index in [4.69, 9.17) is 16.3 Å². The van der Waals surface area contributed by atoms with Crippen LogP contribution in [0.1, 0.15) is 25.7 Å². The SMILES string of the molecule is OC(COc1ccc(Cl)cc1)CN1CCCC(N2CCCC2)C1. The highest BCUT2D eigenvalue weighted by Gasteiger charge is 2.27. The minimum atomic E-state index is -0.456. The third-order valence-corrected chi connectivity index (χ3v) is 5.11. The molecule has 2 aliphatic rings. The van der Waals surface area contributed by atoms with Crippen LogP contribution < -0.4 is 4.74 Å². The van der Waals surface area contributed by atoms with Crippen molar-refractivity contribution in [2.75, 3.05) is 39.3 Å². The lowest BCUT2D eigenvalue weighted by Crippen LogP contribution is -2.49. The maximum atomic E-state index is 10.3. The van der Waals surface area contributed by atoms with E-state index < -0.39 is 6.10 Å². The summed E-state index contributed by atoms with van der Waals surface area (Å²) >= 11 is 5.86. The Balaban J connectivity index is 1.41. The molecule has 3 rings (SSSR count). The van der Waals surface area contributed by atoms with Gasteiger partial charge in [0, 0.05) is 24.2 Å². The first-order chi connectivity index (χ1) is 11.2. The van der Waals surface area contributed by atoms with E-state index in [1.807, 2.05) is 12.1 Å². The number of hydrogen-bond acceptors (Lipinski definition) is 4. The van der Waals surface area contributed by atoms with E-state index in [2.05, 4.69) is 9.80 Å². The highest BCUT2D eigenvalue weighted by atomic mass is 35.5. The van der Waals surface area contributed by atoms with Crippen LogP contribution in [-0.2, 0) is 0 Å². The average Bonchev–Trinajstić information content (AvgIpc) is 3.09. The number of aliphatic hydroxyl groups is 1. The summed E-state index contributed by atoms with van der Waals surface area (Å²) in [7, 11) is 0. The zero-order valence-electron chi connectivity index (χ0n) is 13.7. The second-order valence-corrected chi connectivity index (χ2v) is 7.15. The van der Waals surface area contributed by atoms with E-state index in [0.717, 1.165) is 18.8 Å². The molecule has 128 valence electrons. The minimum absolute atomic E-state index is 0.326. The Morgan fingerprint density at radius 2 is 1.87 bits per heavy atom. The number of rotatable bonds is 6. The first kappa shape index (κ1) is 17.0. The predicted octanol–water partition coefficient (Wildman–Crippen LogP) is 2.64. The van der Waals surface area contributed by atoms with Crippen LogP contribution in [0.2, 0.25) is 5.02 Å². The second-order valence-electron chi connectivity index (χ2n) is 6.72. The Labute approximate surface area is 144 Å². The van der Waals surface area contributed by atoms with Gasteiger partial charge in [-0.25, -0.2) is 0 Å². The molecule has 2 unspecified atom stereocenters. The number of nitrogens with zero attached hydrogens (tertiary/aromatic N) is 2. The highest BCUT2D eigenvalue weighted by Crippen LogP contribution is 2.21. The van der Waals surface area contributed by atoms with Crippen molar-refractivity contribution < 1.29 is 9.84 Å². The van der Waals surface area contributed by atoms with E-state index in [0.29, 0.717) is 24.2 Å². The standard InChI is InChI=1S/C18H27ClN2O2/c19-15-5-7-18(8-6-15)23-14-17(22)13-20-9-3-4-16(12-20)21-10-1-2-11-21/h5-8,16-17,22H,1-4,9-14H2. The van der Waals surface area contributed by atoms with Gasteiger partial charge >= 0.3 is 0 Å². The maximum Gasteiger partial charge on any atom is 0.119 e. The van der Waals surface area contributed by atoms with Crippen LogP contribution >= 0.6 is 11.6 Å². The first-order valence-electron chi connectivity index (χ1n) is 8.73. The summed E-state index contributed by atoms with van der Waals surface area (Å²) in [5.41, 5.74) is 0. The third-order valence-electron chi connectivity index (χ3n) is 4.86. The molecule has 0 saturated carbocycles. The number of aliphatic hydroxyl groups excluding tert-OH is 1. The molecule has 23 heavy (non-hydrogen) atoms. The van der Waals surface area contributed by atoms with Crippen LogP contribution in [0.3, 0.4) is 0 Å². The number of hydrogen-bond donors (Lipinski definition) is 1. The predicted molar refractivity (Wildman–Crippen MR) is 93.2 cm³/mol. The molecule has 2 heterocycles. The quantitative estimate of drug-likeness (QED) is 0.865. The molecular weight excluding hydrogens is 312 g/mol. The molecular formula is C18H27ClN2O2. The molecule has 0 radical (unpaired) electrons. The first-order valence-corrected chi connectivity index (χ1v) is 9.11. The second kappa shape index (κ2) is 8.34. The van der Waals surface area contributed by atoms with E-state index in [-0.39, 0.29) is 0 Å². The van der Waals surface area contributed by atoms with Gasteiger partial charge in [0.1, 0.15) is 18.5 Å². The number of piperidine rings is 1. The summed E-state index contributed by atoms with van der Waals surface area (Å²) in [6.45, 7) is 5.69. The monoisotopic (exact) mass is 338 g/mol. The largest absolute Gasteiger partial charge is 0.491 e. The fourth-order valence-corrected chi connectivity index (χ4v) is 3.80. The molecule has 0 amide bonds. The van der Waals surface area contributed by atoms with Crippen molar-refractivity contribution >= 4 is 11.6 Å². The molecule has 1 aromatic rings. The third kappa shape index (κ3) is 5.08. The Morgan fingerprint density at radius 1 is 1.13 bits per heavy atom. The summed E-state index contributed by atoms with van der Waals surface area (Å²) in [6, 6.07) is 7.94. The summed E-state index contributed by atoms with van der Waals surface area (Å²) in [6.07, 6.45) is 4.75. The molecule has 0 bridgehead atoms. The lowest BCUT2D eigenvalue weighted by molar-refractivity contribution is 0.0416. The lowest BCUT2D eigenvalue weighted by atomic mass is 10.0. The van der Waals surface area contributed by atoms with E-state index in [9.17, 15) is 5.11 Å². The van der Waals surface area contributed by atoms with Gasteiger partial charge in [-0.3, -0.25) is 9.80 Å². The van der Waals surface area contributed by atoms with Crippen molar-refractivity contribution in [1.29, 1.82) is 0 Å². The normalized spacial score (nSPS) is 24.7. The Hall–Kier alpha value is -0.810. The van der Waals surface area contributed by atoms with Crippen molar-refractivity contribution in [3.8, 4) is 5.75 Å².